The number of nitrogens with zero attached hydrogens (tertiary/aromatic N) is 3. The van der Waals surface area contributed by atoms with E-state index in [1.54, 1.807) is 0 Å². The fourth-order valence-electron chi connectivity index (χ4n) is 3.78. The molecule has 0 radical (unpaired) electrons. The lowest BCUT2D eigenvalue weighted by Gasteiger charge is -2.11. The molecule has 0 saturated carbocycles. The highest BCUT2D eigenvalue weighted by Crippen LogP contribution is 2.32. The molecule has 3 heterocycles. The quantitative estimate of drug-likeness (QED) is 0.511. The summed E-state index contributed by atoms with van der Waals surface area (Å²) >= 11 is 1.37. The number of carbonyl (C=O) groups is 2. The third kappa shape index (κ3) is 3.33. The van der Waals surface area contributed by atoms with Gasteiger partial charge in [0.15, 0.2) is 5.65 Å². The summed E-state index contributed by atoms with van der Waals surface area (Å²) in [6.07, 6.45) is 0.793. The molecular formula is C22H23N5O2S. The minimum Gasteiger partial charge on any atom is -0.365 e. The number of hydrogen-bond donors (Lipinski definition) is 2. The number of thiophene rings is 1. The fraction of sp³-hybridized carbons (Fsp3) is 0.273. The van der Waals surface area contributed by atoms with Crippen LogP contribution in [0.3, 0.4) is 0 Å². The second-order valence-electron chi connectivity index (χ2n) is 7.41. The Morgan fingerprint density at radius 3 is 2.63 bits per heavy atom. The molecule has 8 heteroatoms. The van der Waals surface area contributed by atoms with Crippen molar-refractivity contribution in [2.24, 2.45) is 5.73 Å². The van der Waals surface area contributed by atoms with E-state index in [-0.39, 0.29) is 12.3 Å². The first kappa shape index (κ1) is 20.0. The molecule has 0 bridgehead atoms. The lowest BCUT2D eigenvalue weighted by molar-refractivity contribution is -0.116. The topological polar surface area (TPSA) is 102 Å². The molecule has 30 heavy (non-hydrogen) atoms. The number of hydrogen-bond acceptors (Lipinski definition) is 5. The van der Waals surface area contributed by atoms with E-state index in [1.807, 2.05) is 56.5 Å². The van der Waals surface area contributed by atoms with E-state index in [2.05, 4.69) is 10.4 Å². The molecular weight excluding hydrogens is 398 g/mol. The van der Waals surface area contributed by atoms with Crippen molar-refractivity contribution in [2.45, 2.75) is 40.5 Å². The Kier molecular flexibility index (Phi) is 5.03. The standard InChI is InChI=1S/C22H23N5O2S/c1-11-14(4)30-22(19(11)20(23)29)25-18(28)10-9-15-12(2)24-21-16-7-5-6-8-17(16)26-27(21)13(15)3/h5-8H,9-10H2,1-4H3,(H2,23,29)(H,25,28). The number of anilines is 1. The van der Waals surface area contributed by atoms with Gasteiger partial charge < -0.3 is 11.1 Å². The predicted molar refractivity (Wildman–Crippen MR) is 119 cm³/mol. The molecule has 3 aromatic heterocycles. The minimum absolute atomic E-state index is 0.164. The van der Waals surface area contributed by atoms with Crippen LogP contribution in [0.2, 0.25) is 0 Å². The SMILES string of the molecule is Cc1nc2c3ccccc3nn2c(C)c1CCC(=O)Nc1sc(C)c(C)c1C(N)=O. The molecule has 0 aliphatic rings. The molecule has 154 valence electrons. The molecule has 1 aromatic carbocycles. The summed E-state index contributed by atoms with van der Waals surface area (Å²) in [6.45, 7) is 7.70. The molecule has 7 nitrogen and oxygen atoms in total. The van der Waals surface area contributed by atoms with Gasteiger partial charge in [-0.2, -0.15) is 5.10 Å². The molecule has 3 N–H and O–H groups in total. The molecule has 0 atom stereocenters. The zero-order valence-electron chi connectivity index (χ0n) is 17.4. The number of nitrogens with one attached hydrogen (secondary N) is 1. The maximum absolute atomic E-state index is 12.6. The Morgan fingerprint density at radius 2 is 1.90 bits per heavy atom. The molecule has 0 aliphatic heterocycles. The van der Waals surface area contributed by atoms with Crippen LogP contribution in [0, 0.1) is 27.7 Å². The number of aromatic nitrogens is 3. The molecule has 0 fully saturated rings. The van der Waals surface area contributed by atoms with Gasteiger partial charge in [0.05, 0.1) is 11.1 Å². The Labute approximate surface area is 177 Å². The van der Waals surface area contributed by atoms with E-state index < -0.39 is 5.91 Å². The monoisotopic (exact) mass is 421 g/mol. The van der Waals surface area contributed by atoms with Gasteiger partial charge in [-0.3, -0.25) is 9.59 Å². The van der Waals surface area contributed by atoms with Gasteiger partial charge in [0, 0.05) is 28.1 Å². The number of rotatable bonds is 5. The normalized spacial score (nSPS) is 11.3. The van der Waals surface area contributed by atoms with Crippen molar-refractivity contribution in [3.8, 4) is 0 Å². The fourth-order valence-corrected chi connectivity index (χ4v) is 4.86. The Bertz CT molecular complexity index is 1320. The van der Waals surface area contributed by atoms with Crippen molar-refractivity contribution >= 4 is 44.7 Å². The molecule has 0 saturated heterocycles. The summed E-state index contributed by atoms with van der Waals surface area (Å²) in [5, 5.41) is 9.04. The maximum atomic E-state index is 12.6. The van der Waals surface area contributed by atoms with Crippen molar-refractivity contribution < 1.29 is 9.59 Å². The molecule has 0 aliphatic carbocycles. The molecule has 4 rings (SSSR count). The largest absolute Gasteiger partial charge is 0.365 e. The molecule has 4 aromatic rings. The summed E-state index contributed by atoms with van der Waals surface area (Å²) in [5.74, 6) is -0.692. The van der Waals surface area contributed by atoms with Crippen molar-refractivity contribution in [1.82, 2.24) is 14.6 Å². The predicted octanol–water partition coefficient (Wildman–Crippen LogP) is 3.85. The second-order valence-corrected chi connectivity index (χ2v) is 8.64. The summed E-state index contributed by atoms with van der Waals surface area (Å²) < 4.78 is 1.85. The van der Waals surface area contributed by atoms with Gasteiger partial charge in [0.1, 0.15) is 5.00 Å². The zero-order valence-corrected chi connectivity index (χ0v) is 18.2. The maximum Gasteiger partial charge on any atom is 0.251 e. The van der Waals surface area contributed by atoms with Crippen molar-refractivity contribution in [3.05, 3.63) is 57.2 Å². The van der Waals surface area contributed by atoms with Crippen LogP contribution >= 0.6 is 11.3 Å². The highest BCUT2D eigenvalue weighted by molar-refractivity contribution is 7.16. The number of primary amides is 1. The van der Waals surface area contributed by atoms with Gasteiger partial charge in [-0.25, -0.2) is 9.50 Å². The smallest absolute Gasteiger partial charge is 0.251 e. The highest BCUT2D eigenvalue weighted by Gasteiger charge is 2.20. The van der Waals surface area contributed by atoms with E-state index >= 15 is 0 Å². The Morgan fingerprint density at radius 1 is 1.17 bits per heavy atom. The highest BCUT2D eigenvalue weighted by atomic mass is 32.1. The van der Waals surface area contributed by atoms with E-state index in [0.29, 0.717) is 17.0 Å². The second kappa shape index (κ2) is 7.53. The average molecular weight is 422 g/mol. The van der Waals surface area contributed by atoms with Crippen LogP contribution in [-0.2, 0) is 11.2 Å². The van der Waals surface area contributed by atoms with Gasteiger partial charge >= 0.3 is 0 Å². The van der Waals surface area contributed by atoms with Crippen LogP contribution in [0.1, 0.15) is 44.2 Å². The number of fused-ring (bicyclic) bond motifs is 3. The van der Waals surface area contributed by atoms with Crippen LogP contribution in [0.5, 0.6) is 0 Å². The van der Waals surface area contributed by atoms with Crippen LogP contribution in [0.15, 0.2) is 24.3 Å². The van der Waals surface area contributed by atoms with E-state index in [4.69, 9.17) is 10.7 Å². The van der Waals surface area contributed by atoms with Gasteiger partial charge in [-0.05, 0) is 57.4 Å². The van der Waals surface area contributed by atoms with Crippen molar-refractivity contribution in [3.63, 3.8) is 0 Å². The van der Waals surface area contributed by atoms with Crippen LogP contribution < -0.4 is 11.1 Å². The molecule has 2 amide bonds. The summed E-state index contributed by atoms with van der Waals surface area (Å²) in [5.41, 5.74) is 11.3. The number of carbonyl (C=O) groups excluding carboxylic acids is 2. The van der Waals surface area contributed by atoms with E-state index in [9.17, 15) is 9.59 Å². The number of nitrogens with two attached hydrogens (primary N) is 1. The molecule has 0 spiro atoms. The van der Waals surface area contributed by atoms with E-state index in [1.165, 1.54) is 11.3 Å². The lowest BCUT2D eigenvalue weighted by atomic mass is 10.1. The first-order chi connectivity index (χ1) is 14.3. The van der Waals surface area contributed by atoms with Gasteiger partial charge in [0.2, 0.25) is 5.91 Å². The van der Waals surface area contributed by atoms with Gasteiger partial charge in [-0.1, -0.05) is 12.1 Å². The number of benzene rings is 1. The number of amides is 2. The zero-order chi connectivity index (χ0) is 21.6. The van der Waals surface area contributed by atoms with E-state index in [0.717, 1.165) is 43.9 Å². The molecule has 0 unspecified atom stereocenters. The average Bonchev–Trinajstić information content (AvgIpc) is 3.19. The van der Waals surface area contributed by atoms with Crippen LogP contribution in [0.4, 0.5) is 5.00 Å². The summed E-state index contributed by atoms with van der Waals surface area (Å²) in [6, 6.07) is 7.91. The first-order valence-corrected chi connectivity index (χ1v) is 10.5. The first-order valence-electron chi connectivity index (χ1n) is 9.71. The van der Waals surface area contributed by atoms with Crippen molar-refractivity contribution in [2.75, 3.05) is 5.32 Å². The third-order valence-corrected chi connectivity index (χ3v) is 6.63. The van der Waals surface area contributed by atoms with Crippen LogP contribution in [-0.4, -0.2) is 26.4 Å². The Balaban J connectivity index is 1.58. The van der Waals surface area contributed by atoms with Crippen molar-refractivity contribution in [1.29, 1.82) is 0 Å². The van der Waals surface area contributed by atoms with Gasteiger partial charge in [0.25, 0.3) is 5.91 Å². The third-order valence-electron chi connectivity index (χ3n) is 5.50. The van der Waals surface area contributed by atoms with Gasteiger partial charge in [-0.15, -0.1) is 11.3 Å². The minimum atomic E-state index is -0.528. The van der Waals surface area contributed by atoms with Crippen LogP contribution in [0.25, 0.3) is 16.6 Å². The lowest BCUT2D eigenvalue weighted by Crippen LogP contribution is -2.18. The summed E-state index contributed by atoms with van der Waals surface area (Å²) in [7, 11) is 0. The number of aryl methyl sites for hydroxylation is 3. The Hall–Kier alpha value is -3.26. The summed E-state index contributed by atoms with van der Waals surface area (Å²) in [4.78, 5) is 30.1.